The summed E-state index contributed by atoms with van der Waals surface area (Å²) in [5.41, 5.74) is 0. The van der Waals surface area contributed by atoms with Crippen molar-refractivity contribution in [2.24, 2.45) is 0 Å². The fourth-order valence-corrected chi connectivity index (χ4v) is 1.48. The lowest BCUT2D eigenvalue weighted by Crippen LogP contribution is -2.27. The standard InChI is InChI=1S/C7H14OS/c1-7(9)4-2-6(8)3-5-7/h6,8-9H,2-5H2,1H3. The Morgan fingerprint density at radius 1 is 1.44 bits per heavy atom. The summed E-state index contributed by atoms with van der Waals surface area (Å²) in [6, 6.07) is 0. The van der Waals surface area contributed by atoms with Crippen LogP contribution in [0.1, 0.15) is 32.6 Å². The average molecular weight is 146 g/mol. The van der Waals surface area contributed by atoms with E-state index in [4.69, 9.17) is 5.11 Å². The Hall–Kier alpha value is 0.310. The van der Waals surface area contributed by atoms with Crippen molar-refractivity contribution >= 4 is 12.6 Å². The van der Waals surface area contributed by atoms with Gasteiger partial charge >= 0.3 is 0 Å². The molecule has 0 saturated heterocycles. The van der Waals surface area contributed by atoms with Gasteiger partial charge in [0.1, 0.15) is 0 Å². The molecule has 0 atom stereocenters. The molecule has 0 bridgehead atoms. The summed E-state index contributed by atoms with van der Waals surface area (Å²) in [5.74, 6) is 0. The first-order chi connectivity index (χ1) is 4.10. The minimum atomic E-state index is -0.0507. The molecule has 0 aromatic carbocycles. The van der Waals surface area contributed by atoms with Gasteiger partial charge in [0.2, 0.25) is 0 Å². The summed E-state index contributed by atoms with van der Waals surface area (Å²) >= 11 is 4.45. The quantitative estimate of drug-likeness (QED) is 0.497. The normalized spacial score (nSPS) is 45.0. The van der Waals surface area contributed by atoms with Crippen LogP contribution in [-0.4, -0.2) is 16.0 Å². The van der Waals surface area contributed by atoms with Crippen molar-refractivity contribution in [2.45, 2.75) is 43.5 Å². The Labute approximate surface area is 61.9 Å². The van der Waals surface area contributed by atoms with E-state index in [0.29, 0.717) is 0 Å². The molecule has 54 valence electrons. The maximum atomic E-state index is 9.11. The second-order valence-corrected chi connectivity index (χ2v) is 4.31. The second kappa shape index (κ2) is 2.51. The summed E-state index contributed by atoms with van der Waals surface area (Å²) in [5, 5.41) is 9.11. The van der Waals surface area contributed by atoms with Gasteiger partial charge in [0.25, 0.3) is 0 Å². The van der Waals surface area contributed by atoms with Crippen molar-refractivity contribution in [1.29, 1.82) is 0 Å². The summed E-state index contributed by atoms with van der Waals surface area (Å²) in [6.45, 7) is 2.14. The van der Waals surface area contributed by atoms with Gasteiger partial charge in [-0.3, -0.25) is 0 Å². The van der Waals surface area contributed by atoms with Gasteiger partial charge in [-0.25, -0.2) is 0 Å². The van der Waals surface area contributed by atoms with Crippen LogP contribution in [0.25, 0.3) is 0 Å². The third-order valence-corrected chi connectivity index (χ3v) is 2.48. The highest BCUT2D eigenvalue weighted by Crippen LogP contribution is 2.32. The lowest BCUT2D eigenvalue weighted by atomic mass is 9.88. The van der Waals surface area contributed by atoms with Crippen LogP contribution in [-0.2, 0) is 0 Å². The van der Waals surface area contributed by atoms with E-state index in [1.807, 2.05) is 0 Å². The van der Waals surface area contributed by atoms with Crippen LogP contribution in [0, 0.1) is 0 Å². The summed E-state index contributed by atoms with van der Waals surface area (Å²) in [7, 11) is 0. The fourth-order valence-electron chi connectivity index (χ4n) is 1.22. The zero-order valence-electron chi connectivity index (χ0n) is 5.80. The summed E-state index contributed by atoms with van der Waals surface area (Å²) in [4.78, 5) is 0. The van der Waals surface area contributed by atoms with Crippen molar-refractivity contribution < 1.29 is 5.11 Å². The molecular formula is C7H14OS. The monoisotopic (exact) mass is 146 g/mol. The molecule has 1 N–H and O–H groups in total. The number of aliphatic hydroxyl groups is 1. The van der Waals surface area contributed by atoms with Gasteiger partial charge in [0.15, 0.2) is 0 Å². The number of rotatable bonds is 0. The molecule has 1 nitrogen and oxygen atoms in total. The predicted octanol–water partition coefficient (Wildman–Crippen LogP) is 1.61. The first-order valence-electron chi connectivity index (χ1n) is 3.51. The molecule has 0 aromatic heterocycles. The molecule has 1 aliphatic rings. The second-order valence-electron chi connectivity index (χ2n) is 3.23. The maximum Gasteiger partial charge on any atom is 0.0541 e. The van der Waals surface area contributed by atoms with Gasteiger partial charge in [-0.05, 0) is 25.7 Å². The molecular weight excluding hydrogens is 132 g/mol. The molecule has 1 rings (SSSR count). The van der Waals surface area contributed by atoms with Gasteiger partial charge in [-0.15, -0.1) is 0 Å². The summed E-state index contributed by atoms with van der Waals surface area (Å²) in [6.07, 6.45) is 3.92. The number of hydrogen-bond acceptors (Lipinski definition) is 2. The van der Waals surface area contributed by atoms with E-state index in [2.05, 4.69) is 19.6 Å². The van der Waals surface area contributed by atoms with Gasteiger partial charge in [-0.2, -0.15) is 12.6 Å². The van der Waals surface area contributed by atoms with Crippen LogP contribution < -0.4 is 0 Å². The van der Waals surface area contributed by atoms with Crippen LogP contribution >= 0.6 is 12.6 Å². The van der Waals surface area contributed by atoms with E-state index in [9.17, 15) is 0 Å². The van der Waals surface area contributed by atoms with Crippen molar-refractivity contribution in [2.75, 3.05) is 0 Å². The van der Waals surface area contributed by atoms with E-state index in [1.54, 1.807) is 0 Å². The maximum absolute atomic E-state index is 9.11. The Kier molecular flexibility index (Phi) is 2.07. The third kappa shape index (κ3) is 2.18. The molecule has 1 fully saturated rings. The van der Waals surface area contributed by atoms with Gasteiger partial charge in [0, 0.05) is 4.75 Å². The van der Waals surface area contributed by atoms with Crippen molar-refractivity contribution in [1.82, 2.24) is 0 Å². The lowest BCUT2D eigenvalue weighted by molar-refractivity contribution is 0.120. The van der Waals surface area contributed by atoms with Crippen LogP contribution in [0.2, 0.25) is 0 Å². The first kappa shape index (κ1) is 7.42. The zero-order chi connectivity index (χ0) is 6.91. The van der Waals surface area contributed by atoms with E-state index < -0.39 is 0 Å². The highest BCUT2D eigenvalue weighted by Gasteiger charge is 2.26. The summed E-state index contributed by atoms with van der Waals surface area (Å²) < 4.78 is 0.194. The Bertz CT molecular complexity index is 91.1. The van der Waals surface area contributed by atoms with Crippen LogP contribution in [0.15, 0.2) is 0 Å². The Morgan fingerprint density at radius 2 is 1.89 bits per heavy atom. The average Bonchev–Trinajstić information content (AvgIpc) is 1.78. The van der Waals surface area contributed by atoms with Crippen LogP contribution in [0.3, 0.4) is 0 Å². The van der Waals surface area contributed by atoms with E-state index in [-0.39, 0.29) is 10.9 Å². The van der Waals surface area contributed by atoms with E-state index in [1.165, 1.54) is 0 Å². The van der Waals surface area contributed by atoms with Gasteiger partial charge in [-0.1, -0.05) is 6.92 Å². The van der Waals surface area contributed by atoms with E-state index >= 15 is 0 Å². The largest absolute Gasteiger partial charge is 0.393 e. The third-order valence-electron chi connectivity index (χ3n) is 2.03. The fraction of sp³-hybridized carbons (Fsp3) is 1.00. The van der Waals surface area contributed by atoms with Crippen molar-refractivity contribution in [3.8, 4) is 0 Å². The Balaban J connectivity index is 2.35. The molecule has 0 aromatic rings. The molecule has 2 heteroatoms. The van der Waals surface area contributed by atoms with Gasteiger partial charge in [0.05, 0.1) is 6.10 Å². The number of thiol groups is 1. The molecule has 0 radical (unpaired) electrons. The Morgan fingerprint density at radius 3 is 2.22 bits per heavy atom. The van der Waals surface area contributed by atoms with E-state index in [0.717, 1.165) is 25.7 Å². The smallest absolute Gasteiger partial charge is 0.0541 e. The van der Waals surface area contributed by atoms with Crippen LogP contribution in [0.5, 0.6) is 0 Å². The van der Waals surface area contributed by atoms with Crippen molar-refractivity contribution in [3.63, 3.8) is 0 Å². The molecule has 1 saturated carbocycles. The highest BCUT2D eigenvalue weighted by molar-refractivity contribution is 7.81. The first-order valence-corrected chi connectivity index (χ1v) is 3.95. The van der Waals surface area contributed by atoms with Crippen LogP contribution in [0.4, 0.5) is 0 Å². The molecule has 0 amide bonds. The minimum absolute atomic E-state index is 0.0507. The number of aliphatic hydroxyl groups excluding tert-OH is 1. The highest BCUT2D eigenvalue weighted by atomic mass is 32.1. The van der Waals surface area contributed by atoms with Crippen molar-refractivity contribution in [3.05, 3.63) is 0 Å². The SMILES string of the molecule is CC1(S)CCC(O)CC1. The predicted molar refractivity (Wildman–Crippen MR) is 41.9 cm³/mol. The van der Waals surface area contributed by atoms with Gasteiger partial charge < -0.3 is 5.11 Å². The topological polar surface area (TPSA) is 20.2 Å². The zero-order valence-corrected chi connectivity index (χ0v) is 6.69. The molecule has 0 heterocycles. The molecule has 0 spiro atoms. The molecule has 1 aliphatic carbocycles. The lowest BCUT2D eigenvalue weighted by Gasteiger charge is -2.30. The molecule has 9 heavy (non-hydrogen) atoms. The molecule has 0 unspecified atom stereocenters. The number of hydrogen-bond donors (Lipinski definition) is 2. The minimum Gasteiger partial charge on any atom is -0.393 e. The molecule has 0 aliphatic heterocycles.